The molecular weight excluding hydrogens is 354 g/mol. The van der Waals surface area contributed by atoms with Crippen molar-refractivity contribution in [3.8, 4) is 22.6 Å². The Labute approximate surface area is 160 Å². The number of pyridine rings is 2. The lowest BCUT2D eigenvalue weighted by Crippen LogP contribution is -1.93. The van der Waals surface area contributed by atoms with Crippen LogP contribution in [0.25, 0.3) is 33.6 Å². The molecule has 0 aliphatic rings. The van der Waals surface area contributed by atoms with Crippen molar-refractivity contribution in [1.29, 1.82) is 0 Å². The van der Waals surface area contributed by atoms with E-state index in [0.717, 1.165) is 39.0 Å². The van der Waals surface area contributed by atoms with Gasteiger partial charge in [0.25, 0.3) is 0 Å². The molecule has 8 heteroatoms. The number of hydrogen-bond acceptors (Lipinski definition) is 6. The third kappa shape index (κ3) is 2.84. The predicted octanol–water partition coefficient (Wildman–Crippen LogP) is 3.31. The first-order chi connectivity index (χ1) is 13.7. The number of aromatic nitrogens is 7. The van der Waals surface area contributed by atoms with Crippen LogP contribution < -0.4 is 0 Å². The lowest BCUT2D eigenvalue weighted by atomic mass is 10.1. The molecule has 0 aliphatic carbocycles. The number of hydrogen-bond donors (Lipinski definition) is 1. The summed E-state index contributed by atoms with van der Waals surface area (Å²) in [6.07, 6.45) is 9.76. The molecule has 8 nitrogen and oxygen atoms in total. The molecule has 0 unspecified atom stereocenters. The van der Waals surface area contributed by atoms with Crippen LogP contribution in [0.3, 0.4) is 0 Å². The van der Waals surface area contributed by atoms with Gasteiger partial charge in [-0.3, -0.25) is 9.67 Å². The molecule has 0 bridgehead atoms. The maximum absolute atomic E-state index is 5.93. The van der Waals surface area contributed by atoms with Crippen molar-refractivity contribution in [3.63, 3.8) is 0 Å². The molecule has 0 saturated carbocycles. The second kappa shape index (κ2) is 6.41. The summed E-state index contributed by atoms with van der Waals surface area (Å²) in [5, 5.41) is 13.6. The maximum Gasteiger partial charge on any atom is 0.249 e. The summed E-state index contributed by atoms with van der Waals surface area (Å²) < 4.78 is 7.70. The van der Waals surface area contributed by atoms with Crippen LogP contribution in [-0.4, -0.2) is 34.9 Å². The fourth-order valence-electron chi connectivity index (χ4n) is 3.21. The summed E-state index contributed by atoms with van der Waals surface area (Å²) in [6.45, 7) is 1.97. The lowest BCUT2D eigenvalue weighted by Gasteiger charge is -2.00. The highest BCUT2D eigenvalue weighted by atomic mass is 16.4. The van der Waals surface area contributed by atoms with Gasteiger partial charge >= 0.3 is 0 Å². The zero-order chi connectivity index (χ0) is 19.1. The second-order valence-corrected chi connectivity index (χ2v) is 6.65. The number of H-pyrrole nitrogens is 1. The number of aryl methyl sites for hydroxylation is 2. The molecule has 0 saturated heterocycles. The Hall–Kier alpha value is -3.81. The van der Waals surface area contributed by atoms with E-state index in [1.807, 2.05) is 50.9 Å². The van der Waals surface area contributed by atoms with Gasteiger partial charge in [0.2, 0.25) is 11.8 Å². The zero-order valence-electron chi connectivity index (χ0n) is 15.4. The quantitative estimate of drug-likeness (QED) is 0.520. The van der Waals surface area contributed by atoms with Crippen LogP contribution in [0.4, 0.5) is 0 Å². The molecule has 5 rings (SSSR count). The van der Waals surface area contributed by atoms with Crippen LogP contribution in [0.2, 0.25) is 0 Å². The molecule has 0 spiro atoms. The molecule has 138 valence electrons. The number of rotatable bonds is 4. The predicted molar refractivity (Wildman–Crippen MR) is 103 cm³/mol. The van der Waals surface area contributed by atoms with Crippen LogP contribution in [-0.2, 0) is 13.5 Å². The molecule has 5 heterocycles. The van der Waals surface area contributed by atoms with E-state index in [1.165, 1.54) is 0 Å². The van der Waals surface area contributed by atoms with E-state index in [4.69, 9.17) is 4.42 Å². The van der Waals surface area contributed by atoms with Gasteiger partial charge in [0.1, 0.15) is 5.65 Å². The summed E-state index contributed by atoms with van der Waals surface area (Å²) >= 11 is 0. The second-order valence-electron chi connectivity index (χ2n) is 6.65. The fraction of sp³-hybridized carbons (Fsp3) is 0.150. The highest BCUT2D eigenvalue weighted by Gasteiger charge is 2.16. The molecule has 0 atom stereocenters. The number of fused-ring (bicyclic) bond motifs is 1. The summed E-state index contributed by atoms with van der Waals surface area (Å²) in [4.78, 5) is 12.0. The third-order valence-electron chi connectivity index (χ3n) is 4.72. The first-order valence-electron chi connectivity index (χ1n) is 8.87. The van der Waals surface area contributed by atoms with Gasteiger partial charge in [0.05, 0.1) is 18.2 Å². The summed E-state index contributed by atoms with van der Waals surface area (Å²) in [5.41, 5.74) is 5.60. The van der Waals surface area contributed by atoms with Gasteiger partial charge in [-0.2, -0.15) is 5.10 Å². The molecule has 1 N–H and O–H groups in total. The molecule has 5 aromatic rings. The van der Waals surface area contributed by atoms with E-state index < -0.39 is 0 Å². The molecule has 0 aromatic carbocycles. The Bertz CT molecular complexity index is 1280. The highest BCUT2D eigenvalue weighted by molar-refractivity contribution is 5.93. The molecular formula is C20H17N7O. The smallest absolute Gasteiger partial charge is 0.249 e. The van der Waals surface area contributed by atoms with Crippen molar-refractivity contribution in [3.05, 3.63) is 66.3 Å². The van der Waals surface area contributed by atoms with Crippen molar-refractivity contribution in [1.82, 2.24) is 34.9 Å². The first-order valence-corrected chi connectivity index (χ1v) is 8.87. The minimum absolute atomic E-state index is 0.466. The van der Waals surface area contributed by atoms with Crippen LogP contribution in [0, 0.1) is 6.92 Å². The minimum Gasteiger partial charge on any atom is -0.420 e. The van der Waals surface area contributed by atoms with Crippen molar-refractivity contribution >= 4 is 11.0 Å². The van der Waals surface area contributed by atoms with Gasteiger partial charge in [-0.1, -0.05) is 6.07 Å². The Morgan fingerprint density at radius 1 is 1.14 bits per heavy atom. The van der Waals surface area contributed by atoms with Gasteiger partial charge in [0, 0.05) is 54.0 Å². The number of nitrogens with zero attached hydrogens (tertiary/aromatic N) is 6. The van der Waals surface area contributed by atoms with Crippen molar-refractivity contribution in [2.45, 2.75) is 13.3 Å². The van der Waals surface area contributed by atoms with Gasteiger partial charge in [-0.05, 0) is 24.6 Å². The van der Waals surface area contributed by atoms with E-state index in [-0.39, 0.29) is 0 Å². The van der Waals surface area contributed by atoms with E-state index in [1.54, 1.807) is 10.9 Å². The van der Waals surface area contributed by atoms with Gasteiger partial charge < -0.3 is 9.40 Å². The maximum atomic E-state index is 5.93. The molecule has 0 radical (unpaired) electrons. The van der Waals surface area contributed by atoms with E-state index >= 15 is 0 Å². The Morgan fingerprint density at radius 2 is 2.07 bits per heavy atom. The third-order valence-corrected chi connectivity index (χ3v) is 4.72. The number of aromatic amines is 1. The van der Waals surface area contributed by atoms with Gasteiger partial charge in [0.15, 0.2) is 0 Å². The molecule has 0 aliphatic heterocycles. The largest absolute Gasteiger partial charge is 0.420 e. The Kier molecular flexibility index (Phi) is 3.75. The average Bonchev–Trinajstić information content (AvgIpc) is 3.42. The minimum atomic E-state index is 0.466. The Morgan fingerprint density at radius 3 is 2.89 bits per heavy atom. The standard InChI is InChI=1S/C20H17N7O/c1-12-13(4-3-5-21-12)7-18-25-26-20(28-18)17-10-23-19-16(17)6-14(8-22-19)15-9-24-27(2)11-15/h3-6,8-11H,7H2,1-2H3,(H,22,23). The van der Waals surface area contributed by atoms with E-state index in [2.05, 4.69) is 36.3 Å². The van der Waals surface area contributed by atoms with Crippen LogP contribution in [0.1, 0.15) is 17.1 Å². The van der Waals surface area contributed by atoms with Crippen LogP contribution in [0.5, 0.6) is 0 Å². The van der Waals surface area contributed by atoms with E-state index in [9.17, 15) is 0 Å². The monoisotopic (exact) mass is 371 g/mol. The highest BCUT2D eigenvalue weighted by Crippen LogP contribution is 2.30. The van der Waals surface area contributed by atoms with Crippen molar-refractivity contribution in [2.24, 2.45) is 7.05 Å². The normalized spacial score (nSPS) is 11.4. The van der Waals surface area contributed by atoms with E-state index in [0.29, 0.717) is 18.2 Å². The zero-order valence-corrected chi connectivity index (χ0v) is 15.4. The lowest BCUT2D eigenvalue weighted by molar-refractivity contribution is 0.518. The van der Waals surface area contributed by atoms with Gasteiger partial charge in [-0.25, -0.2) is 4.98 Å². The molecule has 5 aromatic heterocycles. The average molecular weight is 371 g/mol. The van der Waals surface area contributed by atoms with Crippen LogP contribution in [0.15, 0.2) is 53.6 Å². The molecule has 0 fully saturated rings. The van der Waals surface area contributed by atoms with Gasteiger partial charge in [-0.15, -0.1) is 10.2 Å². The topological polar surface area (TPSA) is 98.3 Å². The molecule has 28 heavy (non-hydrogen) atoms. The summed E-state index contributed by atoms with van der Waals surface area (Å²) in [5.74, 6) is 1.02. The van der Waals surface area contributed by atoms with Crippen molar-refractivity contribution < 1.29 is 4.42 Å². The fourth-order valence-corrected chi connectivity index (χ4v) is 3.21. The first kappa shape index (κ1) is 16.4. The summed E-state index contributed by atoms with van der Waals surface area (Å²) in [7, 11) is 1.89. The Balaban J connectivity index is 1.51. The van der Waals surface area contributed by atoms with Crippen molar-refractivity contribution in [2.75, 3.05) is 0 Å². The number of nitrogens with one attached hydrogen (secondary N) is 1. The van der Waals surface area contributed by atoms with Crippen LogP contribution >= 0.6 is 0 Å². The summed E-state index contributed by atoms with van der Waals surface area (Å²) in [6, 6.07) is 5.98. The molecule has 0 amide bonds. The SMILES string of the molecule is Cc1ncccc1Cc1nnc(-c2c[nH]c3ncc(-c4cnn(C)c4)cc23)o1.